The van der Waals surface area contributed by atoms with E-state index >= 15 is 0 Å². The Morgan fingerprint density at radius 1 is 1.44 bits per heavy atom. The number of para-hydroxylation sites is 1. The molecule has 0 aliphatic carbocycles. The van der Waals surface area contributed by atoms with E-state index in [0.29, 0.717) is 0 Å². The fourth-order valence-electron chi connectivity index (χ4n) is 1.50. The first-order chi connectivity index (χ1) is 7.61. The molecule has 6 heteroatoms. The van der Waals surface area contributed by atoms with Crippen LogP contribution < -0.4 is 11.4 Å². The van der Waals surface area contributed by atoms with Gasteiger partial charge in [-0.25, -0.2) is 9.59 Å². The molecule has 2 rings (SSSR count). The highest BCUT2D eigenvalue weighted by atomic mass is 16.4. The summed E-state index contributed by atoms with van der Waals surface area (Å²) in [5, 5.41) is 9.00. The monoisotopic (exact) mass is 219 g/mol. The van der Waals surface area contributed by atoms with Gasteiger partial charge in [0.2, 0.25) is 0 Å². The zero-order valence-electron chi connectivity index (χ0n) is 8.18. The zero-order chi connectivity index (χ0) is 11.7. The number of H-pyrrole nitrogens is 1. The summed E-state index contributed by atoms with van der Waals surface area (Å²) in [5.74, 6) is -1.13. The lowest BCUT2D eigenvalue weighted by Gasteiger charge is -2.08. The minimum absolute atomic E-state index is 0.0123. The zero-order valence-corrected chi connectivity index (χ0v) is 8.18. The van der Waals surface area contributed by atoms with Crippen molar-refractivity contribution in [3.8, 4) is 5.69 Å². The Morgan fingerprint density at radius 3 is 2.75 bits per heavy atom. The fourth-order valence-corrected chi connectivity index (χ4v) is 1.50. The number of nitrogen functional groups attached to an aromatic ring is 1. The summed E-state index contributed by atoms with van der Waals surface area (Å²) in [5.41, 5.74) is 5.66. The first-order valence-electron chi connectivity index (χ1n) is 4.49. The van der Waals surface area contributed by atoms with Crippen LogP contribution in [-0.2, 0) is 0 Å². The topological polar surface area (TPSA) is 101 Å². The summed E-state index contributed by atoms with van der Waals surface area (Å²) in [6, 6.07) is 4.47. The van der Waals surface area contributed by atoms with Gasteiger partial charge in [-0.15, -0.1) is 0 Å². The molecule has 0 aliphatic rings. The second kappa shape index (κ2) is 3.58. The van der Waals surface area contributed by atoms with Crippen molar-refractivity contribution >= 4 is 11.7 Å². The van der Waals surface area contributed by atoms with Crippen LogP contribution in [0.2, 0.25) is 0 Å². The van der Waals surface area contributed by atoms with E-state index in [1.54, 1.807) is 6.07 Å². The minimum atomic E-state index is -1.13. The number of imidazole rings is 1. The Hall–Kier alpha value is -2.50. The molecule has 0 spiro atoms. The number of carboxylic acids is 1. The molecule has 82 valence electrons. The Morgan fingerprint density at radius 2 is 2.19 bits per heavy atom. The molecule has 0 saturated carbocycles. The number of nitrogens with two attached hydrogens (primary N) is 1. The van der Waals surface area contributed by atoms with Crippen LogP contribution in [0.15, 0.2) is 35.4 Å². The molecular formula is C10H9N3O3. The van der Waals surface area contributed by atoms with Gasteiger partial charge in [0.1, 0.15) is 0 Å². The predicted octanol–water partition coefficient (Wildman–Crippen LogP) is 0.446. The third-order valence-electron chi connectivity index (χ3n) is 2.19. The van der Waals surface area contributed by atoms with Crippen molar-refractivity contribution in [3.63, 3.8) is 0 Å². The van der Waals surface area contributed by atoms with Gasteiger partial charge >= 0.3 is 11.7 Å². The number of nitrogens with zero attached hydrogens (tertiary/aromatic N) is 1. The molecule has 0 atom stereocenters. The van der Waals surface area contributed by atoms with E-state index < -0.39 is 11.7 Å². The first-order valence-corrected chi connectivity index (χ1v) is 4.49. The lowest BCUT2D eigenvalue weighted by molar-refractivity contribution is 0.0697. The van der Waals surface area contributed by atoms with Crippen LogP contribution in [0.1, 0.15) is 10.4 Å². The van der Waals surface area contributed by atoms with Gasteiger partial charge in [0.25, 0.3) is 0 Å². The van der Waals surface area contributed by atoms with Crippen LogP contribution in [0, 0.1) is 0 Å². The van der Waals surface area contributed by atoms with E-state index in [9.17, 15) is 9.59 Å². The van der Waals surface area contributed by atoms with Crippen LogP contribution in [-0.4, -0.2) is 20.6 Å². The number of aromatic carboxylic acids is 1. The van der Waals surface area contributed by atoms with Gasteiger partial charge in [-0.2, -0.15) is 0 Å². The third kappa shape index (κ3) is 1.46. The molecule has 0 saturated heterocycles. The van der Waals surface area contributed by atoms with Crippen LogP contribution in [0.4, 0.5) is 5.69 Å². The normalized spacial score (nSPS) is 10.2. The van der Waals surface area contributed by atoms with Crippen LogP contribution in [0.25, 0.3) is 5.69 Å². The number of carboxylic acid groups (broad SMARTS) is 1. The lowest BCUT2D eigenvalue weighted by atomic mass is 10.1. The molecule has 4 N–H and O–H groups in total. The van der Waals surface area contributed by atoms with Crippen LogP contribution in [0.3, 0.4) is 0 Å². The Bertz CT molecular complexity index is 597. The average molecular weight is 219 g/mol. The first kappa shape index (κ1) is 10.0. The molecule has 1 aromatic carbocycles. The maximum absolute atomic E-state index is 11.4. The third-order valence-corrected chi connectivity index (χ3v) is 2.19. The molecular weight excluding hydrogens is 210 g/mol. The van der Waals surface area contributed by atoms with Crippen molar-refractivity contribution in [3.05, 3.63) is 46.6 Å². The molecule has 2 aromatic rings. The molecule has 0 fully saturated rings. The van der Waals surface area contributed by atoms with Crippen molar-refractivity contribution < 1.29 is 9.90 Å². The average Bonchev–Trinajstić information content (AvgIpc) is 2.64. The maximum Gasteiger partial charge on any atom is 0.337 e. The van der Waals surface area contributed by atoms with Gasteiger partial charge in [-0.3, -0.25) is 4.57 Å². The van der Waals surface area contributed by atoms with Crippen LogP contribution >= 0.6 is 0 Å². The number of rotatable bonds is 2. The van der Waals surface area contributed by atoms with Crippen molar-refractivity contribution in [1.29, 1.82) is 0 Å². The van der Waals surface area contributed by atoms with Crippen molar-refractivity contribution in [2.45, 2.75) is 0 Å². The van der Waals surface area contributed by atoms with Gasteiger partial charge in [0.05, 0.1) is 16.9 Å². The summed E-state index contributed by atoms with van der Waals surface area (Å²) >= 11 is 0. The second-order valence-electron chi connectivity index (χ2n) is 3.18. The van der Waals surface area contributed by atoms with Gasteiger partial charge in [-0.1, -0.05) is 6.07 Å². The lowest BCUT2D eigenvalue weighted by Crippen LogP contribution is -2.18. The number of hydrogen-bond donors (Lipinski definition) is 3. The standard InChI is InChI=1S/C10H9N3O3/c11-7-3-1-2-6(9(14)15)8(7)13-5-4-12-10(13)16/h1-5H,11H2,(H,12,16)(H,14,15). The molecule has 0 bridgehead atoms. The molecule has 16 heavy (non-hydrogen) atoms. The smallest absolute Gasteiger partial charge is 0.337 e. The number of hydrogen-bond acceptors (Lipinski definition) is 3. The molecule has 0 unspecified atom stereocenters. The van der Waals surface area contributed by atoms with Gasteiger partial charge in [0.15, 0.2) is 0 Å². The van der Waals surface area contributed by atoms with E-state index in [2.05, 4.69) is 4.98 Å². The van der Waals surface area contributed by atoms with Crippen LogP contribution in [0.5, 0.6) is 0 Å². The molecule has 6 nitrogen and oxygen atoms in total. The molecule has 1 aromatic heterocycles. The number of anilines is 1. The highest BCUT2D eigenvalue weighted by molar-refractivity contribution is 5.94. The van der Waals surface area contributed by atoms with E-state index in [4.69, 9.17) is 10.8 Å². The quantitative estimate of drug-likeness (QED) is 0.638. The summed E-state index contributed by atoms with van der Waals surface area (Å²) in [6.07, 6.45) is 2.85. The van der Waals surface area contributed by atoms with Gasteiger partial charge < -0.3 is 15.8 Å². The fraction of sp³-hybridized carbons (Fsp3) is 0. The largest absolute Gasteiger partial charge is 0.478 e. The number of benzene rings is 1. The summed E-state index contributed by atoms with van der Waals surface area (Å²) in [7, 11) is 0. The number of carbonyl (C=O) groups is 1. The Labute approximate surface area is 89.9 Å². The predicted molar refractivity (Wildman–Crippen MR) is 57.8 cm³/mol. The van der Waals surface area contributed by atoms with Crippen molar-refractivity contribution in [1.82, 2.24) is 9.55 Å². The highest BCUT2D eigenvalue weighted by Gasteiger charge is 2.15. The number of aromatic amines is 1. The molecule has 0 aliphatic heterocycles. The summed E-state index contributed by atoms with van der Waals surface area (Å²) < 4.78 is 1.17. The molecule has 0 amide bonds. The Balaban J connectivity index is 2.78. The summed E-state index contributed by atoms with van der Waals surface area (Å²) in [4.78, 5) is 24.8. The van der Waals surface area contributed by atoms with E-state index in [0.717, 1.165) is 0 Å². The molecule has 0 radical (unpaired) electrons. The van der Waals surface area contributed by atoms with E-state index in [-0.39, 0.29) is 16.9 Å². The van der Waals surface area contributed by atoms with E-state index in [1.165, 1.54) is 29.1 Å². The minimum Gasteiger partial charge on any atom is -0.478 e. The van der Waals surface area contributed by atoms with Crippen molar-refractivity contribution in [2.75, 3.05) is 5.73 Å². The maximum atomic E-state index is 11.4. The highest BCUT2D eigenvalue weighted by Crippen LogP contribution is 2.20. The second-order valence-corrected chi connectivity index (χ2v) is 3.18. The van der Waals surface area contributed by atoms with Crippen molar-refractivity contribution in [2.24, 2.45) is 0 Å². The SMILES string of the molecule is Nc1cccc(C(=O)O)c1-n1cc[nH]c1=O. The van der Waals surface area contributed by atoms with Gasteiger partial charge in [-0.05, 0) is 12.1 Å². The molecule has 1 heterocycles. The number of aromatic nitrogens is 2. The van der Waals surface area contributed by atoms with Gasteiger partial charge in [0, 0.05) is 12.4 Å². The summed E-state index contributed by atoms with van der Waals surface area (Å²) in [6.45, 7) is 0. The van der Waals surface area contributed by atoms with E-state index in [1.807, 2.05) is 0 Å². The Kier molecular flexibility index (Phi) is 2.24. The number of nitrogens with one attached hydrogen (secondary N) is 1.